The highest BCUT2D eigenvalue weighted by Gasteiger charge is 2.24. The fourth-order valence-corrected chi connectivity index (χ4v) is 4.32. The number of halogens is 2. The van der Waals surface area contributed by atoms with Gasteiger partial charge >= 0.3 is 6.43 Å². The Kier molecular flexibility index (Phi) is 7.69. The zero-order valence-corrected chi connectivity index (χ0v) is 20.1. The summed E-state index contributed by atoms with van der Waals surface area (Å²) in [5, 5.41) is 6.31. The largest absolute Gasteiger partial charge is 0.497 e. The highest BCUT2D eigenvalue weighted by Crippen LogP contribution is 2.28. The van der Waals surface area contributed by atoms with E-state index < -0.39 is 24.3 Å². The number of hydrogen-bond acceptors (Lipinski definition) is 7. The van der Waals surface area contributed by atoms with Crippen LogP contribution in [0.1, 0.15) is 49.1 Å². The van der Waals surface area contributed by atoms with E-state index in [1.54, 1.807) is 24.3 Å². The van der Waals surface area contributed by atoms with Crippen molar-refractivity contribution in [1.82, 2.24) is 20.6 Å². The minimum absolute atomic E-state index is 0.0155. The van der Waals surface area contributed by atoms with Gasteiger partial charge in [0.1, 0.15) is 16.9 Å². The maximum absolute atomic E-state index is 13.1. The summed E-state index contributed by atoms with van der Waals surface area (Å²) in [6.45, 7) is 1.83. The van der Waals surface area contributed by atoms with Gasteiger partial charge in [-0.15, -0.1) is 11.3 Å². The summed E-state index contributed by atoms with van der Waals surface area (Å²) in [5.41, 5.74) is 1.75. The van der Waals surface area contributed by atoms with Crippen LogP contribution in [0, 0.1) is 6.92 Å². The van der Waals surface area contributed by atoms with Crippen molar-refractivity contribution in [3.05, 3.63) is 87.9 Å². The van der Waals surface area contributed by atoms with E-state index in [1.165, 1.54) is 18.4 Å². The van der Waals surface area contributed by atoms with Crippen molar-refractivity contribution in [2.75, 3.05) is 13.7 Å². The van der Waals surface area contributed by atoms with E-state index in [2.05, 4.69) is 25.0 Å². The van der Waals surface area contributed by atoms with Crippen molar-refractivity contribution in [3.8, 4) is 17.0 Å². The van der Waals surface area contributed by atoms with Gasteiger partial charge in [0.2, 0.25) is 0 Å². The topological polar surface area (TPSA) is 106 Å². The lowest BCUT2D eigenvalue weighted by Crippen LogP contribution is -2.38. The number of nitrogens with one attached hydrogen (secondary N) is 2. The number of oxazole rings is 1. The van der Waals surface area contributed by atoms with Crippen molar-refractivity contribution in [2.24, 2.45) is 0 Å². The number of hydrogen-bond donors (Lipinski definition) is 2. The molecular weight excluding hydrogens is 490 g/mol. The predicted molar refractivity (Wildman–Crippen MR) is 129 cm³/mol. The third-order valence-electron chi connectivity index (χ3n) is 5.22. The number of aromatic nitrogens is 2. The van der Waals surface area contributed by atoms with Crippen molar-refractivity contribution in [1.29, 1.82) is 0 Å². The number of methoxy groups -OCH3 is 1. The molecule has 2 amide bonds. The maximum Gasteiger partial charge on any atom is 0.313 e. The summed E-state index contributed by atoms with van der Waals surface area (Å²) in [6, 6.07) is 15.5. The normalized spacial score (nSPS) is 11.8. The van der Waals surface area contributed by atoms with Crippen LogP contribution in [0.15, 0.2) is 65.3 Å². The Hall–Kier alpha value is -4.12. The summed E-state index contributed by atoms with van der Waals surface area (Å²) in [6.07, 6.45) is -2.07. The van der Waals surface area contributed by atoms with E-state index in [0.29, 0.717) is 21.9 Å². The first-order valence-electron chi connectivity index (χ1n) is 10.8. The number of rotatable bonds is 9. The van der Waals surface area contributed by atoms with Crippen LogP contribution in [0.3, 0.4) is 0 Å². The number of ether oxygens (including phenoxy) is 1. The molecule has 1 unspecified atom stereocenters. The molecule has 2 aromatic carbocycles. The van der Waals surface area contributed by atoms with Gasteiger partial charge in [-0.2, -0.15) is 8.78 Å². The van der Waals surface area contributed by atoms with Gasteiger partial charge in [0.15, 0.2) is 5.69 Å². The third kappa shape index (κ3) is 5.74. The Morgan fingerprint density at radius 2 is 1.78 bits per heavy atom. The molecule has 2 N–H and O–H groups in total. The van der Waals surface area contributed by atoms with Crippen molar-refractivity contribution < 1.29 is 27.5 Å². The van der Waals surface area contributed by atoms with Crippen LogP contribution in [0.4, 0.5) is 8.78 Å². The van der Waals surface area contributed by atoms with Gasteiger partial charge < -0.3 is 19.8 Å². The van der Waals surface area contributed by atoms with Crippen molar-refractivity contribution in [3.63, 3.8) is 0 Å². The molecule has 11 heteroatoms. The summed E-state index contributed by atoms with van der Waals surface area (Å²) in [4.78, 5) is 34.3. The molecule has 0 fully saturated rings. The zero-order chi connectivity index (χ0) is 25.7. The van der Waals surface area contributed by atoms with Gasteiger partial charge in [0, 0.05) is 12.1 Å². The SMILES string of the molecule is COc1ccc(C(CNC(=O)c2sc(C)nc2-c2ccccc2)NC(=O)c2coc(C(F)F)n2)cc1. The molecule has 0 aliphatic carbocycles. The second-order valence-corrected chi connectivity index (χ2v) is 8.86. The lowest BCUT2D eigenvalue weighted by molar-refractivity contribution is 0.0906. The monoisotopic (exact) mass is 512 g/mol. The molecule has 0 saturated heterocycles. The molecule has 0 aliphatic rings. The van der Waals surface area contributed by atoms with E-state index in [4.69, 9.17) is 4.74 Å². The van der Waals surface area contributed by atoms with Crippen LogP contribution >= 0.6 is 11.3 Å². The average molecular weight is 513 g/mol. The van der Waals surface area contributed by atoms with Crippen LogP contribution in [-0.2, 0) is 0 Å². The number of aryl methyl sites for hydroxylation is 1. The molecule has 2 heterocycles. The fourth-order valence-electron chi connectivity index (χ4n) is 3.46. The molecule has 0 bridgehead atoms. The maximum atomic E-state index is 13.1. The second-order valence-electron chi connectivity index (χ2n) is 7.66. The number of amides is 2. The van der Waals surface area contributed by atoms with Crippen LogP contribution in [0.5, 0.6) is 5.75 Å². The Bertz CT molecular complexity index is 1340. The Morgan fingerprint density at radius 1 is 1.06 bits per heavy atom. The summed E-state index contributed by atoms with van der Waals surface area (Å²) in [5.74, 6) is -1.31. The van der Waals surface area contributed by atoms with Crippen molar-refractivity contribution >= 4 is 23.2 Å². The molecule has 0 radical (unpaired) electrons. The minimum Gasteiger partial charge on any atom is -0.497 e. The average Bonchev–Trinajstić information content (AvgIpc) is 3.54. The standard InChI is InChI=1S/C25H22F2N4O4S/c1-14-29-20(16-6-4-3-5-7-16)21(36-14)24(33)28-12-18(15-8-10-17(34-2)11-9-15)30-23(32)19-13-35-25(31-19)22(26)27/h3-11,13,18,22H,12H2,1-2H3,(H,28,33)(H,30,32). The summed E-state index contributed by atoms with van der Waals surface area (Å²) < 4.78 is 35.5. The Balaban J connectivity index is 1.54. The van der Waals surface area contributed by atoms with Gasteiger partial charge in [0.05, 0.1) is 23.9 Å². The van der Waals surface area contributed by atoms with E-state index in [0.717, 1.165) is 16.8 Å². The molecule has 4 rings (SSSR count). The number of carbonyl (C=O) groups excluding carboxylic acids is 2. The minimum atomic E-state index is -2.94. The molecule has 36 heavy (non-hydrogen) atoms. The number of alkyl halides is 2. The van der Waals surface area contributed by atoms with Crippen LogP contribution < -0.4 is 15.4 Å². The zero-order valence-electron chi connectivity index (χ0n) is 19.3. The van der Waals surface area contributed by atoms with E-state index >= 15 is 0 Å². The third-order valence-corrected chi connectivity index (χ3v) is 6.19. The molecule has 2 aromatic heterocycles. The molecule has 0 spiro atoms. The molecule has 186 valence electrons. The number of benzene rings is 2. The summed E-state index contributed by atoms with van der Waals surface area (Å²) >= 11 is 1.27. The highest BCUT2D eigenvalue weighted by atomic mass is 32.1. The van der Waals surface area contributed by atoms with E-state index in [-0.39, 0.29) is 18.1 Å². The van der Waals surface area contributed by atoms with Crippen LogP contribution in [0.25, 0.3) is 11.3 Å². The quantitative estimate of drug-likeness (QED) is 0.329. The predicted octanol–water partition coefficient (Wildman–Crippen LogP) is 4.95. The second kappa shape index (κ2) is 11.1. The first-order valence-corrected chi connectivity index (χ1v) is 11.7. The van der Waals surface area contributed by atoms with Gasteiger partial charge in [-0.1, -0.05) is 42.5 Å². The molecule has 1 atom stereocenters. The van der Waals surface area contributed by atoms with Crippen LogP contribution in [-0.4, -0.2) is 35.4 Å². The number of nitrogens with zero attached hydrogens (tertiary/aromatic N) is 2. The van der Waals surface area contributed by atoms with Gasteiger partial charge in [0.25, 0.3) is 17.7 Å². The van der Waals surface area contributed by atoms with Gasteiger partial charge in [-0.25, -0.2) is 9.97 Å². The molecule has 0 saturated carbocycles. The van der Waals surface area contributed by atoms with E-state index in [1.807, 2.05) is 37.3 Å². The Morgan fingerprint density at radius 3 is 2.42 bits per heavy atom. The first kappa shape index (κ1) is 25.0. The molecule has 0 aliphatic heterocycles. The van der Waals surface area contributed by atoms with Crippen molar-refractivity contribution in [2.45, 2.75) is 19.4 Å². The van der Waals surface area contributed by atoms with Crippen LogP contribution in [0.2, 0.25) is 0 Å². The lowest BCUT2D eigenvalue weighted by atomic mass is 10.1. The number of thiazole rings is 1. The number of carbonyl (C=O) groups is 2. The van der Waals surface area contributed by atoms with Gasteiger partial charge in [-0.05, 0) is 24.6 Å². The Labute approximate surface area is 209 Å². The lowest BCUT2D eigenvalue weighted by Gasteiger charge is -2.19. The smallest absolute Gasteiger partial charge is 0.313 e. The molecular formula is C25H22F2N4O4S. The van der Waals surface area contributed by atoms with E-state index in [9.17, 15) is 18.4 Å². The first-order chi connectivity index (χ1) is 17.4. The molecule has 4 aromatic rings. The molecule has 8 nitrogen and oxygen atoms in total. The fraction of sp³-hybridized carbons (Fsp3) is 0.200. The highest BCUT2D eigenvalue weighted by molar-refractivity contribution is 7.14. The summed E-state index contributed by atoms with van der Waals surface area (Å²) in [7, 11) is 1.53. The van der Waals surface area contributed by atoms with Gasteiger partial charge in [-0.3, -0.25) is 9.59 Å².